The maximum absolute atomic E-state index is 10.6. The first-order valence-corrected chi connectivity index (χ1v) is 6.53. The van der Waals surface area contributed by atoms with Crippen molar-refractivity contribution in [1.29, 1.82) is 0 Å². The van der Waals surface area contributed by atoms with Gasteiger partial charge in [-0.3, -0.25) is 4.79 Å². The first-order valence-electron chi connectivity index (χ1n) is 6.53. The van der Waals surface area contributed by atoms with Crippen molar-refractivity contribution in [2.24, 2.45) is 0 Å². The lowest BCUT2D eigenvalue weighted by molar-refractivity contribution is -0.105. The van der Waals surface area contributed by atoms with Crippen molar-refractivity contribution in [2.45, 2.75) is 38.6 Å². The van der Waals surface area contributed by atoms with Crippen LogP contribution in [-0.2, 0) is 17.6 Å². The predicted molar refractivity (Wildman–Crippen MR) is 71.9 cm³/mol. The standard InChI is InChI=1S/C14H20N2O2/c1-2-7-15-11-4-5-12-10(8-11)3-6-13(18)14(12)16-9-17/h3,6,9,11,15,18H,2,4-5,7-8H2,1H3,(H,16,17). The van der Waals surface area contributed by atoms with Crippen molar-refractivity contribution in [1.82, 2.24) is 5.32 Å². The summed E-state index contributed by atoms with van der Waals surface area (Å²) >= 11 is 0. The summed E-state index contributed by atoms with van der Waals surface area (Å²) in [5.41, 5.74) is 2.88. The first-order chi connectivity index (χ1) is 8.76. The van der Waals surface area contributed by atoms with Gasteiger partial charge in [0.05, 0.1) is 5.69 Å². The number of phenolic OH excluding ortho intramolecular Hbond substituents is 1. The van der Waals surface area contributed by atoms with Gasteiger partial charge in [-0.1, -0.05) is 13.0 Å². The van der Waals surface area contributed by atoms with Crippen LogP contribution < -0.4 is 10.6 Å². The number of phenols is 1. The van der Waals surface area contributed by atoms with Crippen LogP contribution in [0, 0.1) is 0 Å². The Balaban J connectivity index is 2.18. The molecular formula is C14H20N2O2. The molecule has 1 aliphatic carbocycles. The van der Waals surface area contributed by atoms with Crippen LogP contribution in [0.15, 0.2) is 12.1 Å². The van der Waals surface area contributed by atoms with E-state index in [2.05, 4.69) is 17.6 Å². The second kappa shape index (κ2) is 5.87. The van der Waals surface area contributed by atoms with E-state index < -0.39 is 0 Å². The number of benzene rings is 1. The summed E-state index contributed by atoms with van der Waals surface area (Å²) in [6, 6.07) is 4.12. The van der Waals surface area contributed by atoms with E-state index in [9.17, 15) is 9.90 Å². The molecule has 1 unspecified atom stereocenters. The van der Waals surface area contributed by atoms with E-state index in [4.69, 9.17) is 0 Å². The van der Waals surface area contributed by atoms with E-state index in [0.29, 0.717) is 18.1 Å². The summed E-state index contributed by atoms with van der Waals surface area (Å²) in [6.07, 6.45) is 4.65. The minimum Gasteiger partial charge on any atom is -0.506 e. The molecule has 18 heavy (non-hydrogen) atoms. The van der Waals surface area contributed by atoms with Crippen LogP contribution in [0.1, 0.15) is 30.9 Å². The molecule has 3 N–H and O–H groups in total. The zero-order valence-corrected chi connectivity index (χ0v) is 10.7. The lowest BCUT2D eigenvalue weighted by Gasteiger charge is -2.27. The van der Waals surface area contributed by atoms with E-state index in [0.717, 1.165) is 37.8 Å². The Labute approximate surface area is 107 Å². The molecule has 1 aliphatic rings. The number of nitrogens with one attached hydrogen (secondary N) is 2. The number of fused-ring (bicyclic) bond motifs is 1. The third-order valence-corrected chi connectivity index (χ3v) is 3.48. The molecule has 0 heterocycles. The minimum atomic E-state index is 0.154. The second-order valence-electron chi connectivity index (χ2n) is 4.75. The number of hydrogen-bond donors (Lipinski definition) is 3. The first kappa shape index (κ1) is 12.9. The maximum atomic E-state index is 10.6. The Bertz CT molecular complexity index is 432. The molecular weight excluding hydrogens is 228 g/mol. The lowest BCUT2D eigenvalue weighted by Crippen LogP contribution is -2.35. The number of carbonyl (C=O) groups excluding carboxylic acids is 1. The van der Waals surface area contributed by atoms with Crippen molar-refractivity contribution in [3.05, 3.63) is 23.3 Å². The van der Waals surface area contributed by atoms with Crippen LogP contribution >= 0.6 is 0 Å². The molecule has 0 saturated heterocycles. The molecule has 0 spiro atoms. The second-order valence-corrected chi connectivity index (χ2v) is 4.75. The van der Waals surface area contributed by atoms with Crippen LogP contribution in [0.5, 0.6) is 5.75 Å². The Morgan fingerprint density at radius 2 is 2.33 bits per heavy atom. The van der Waals surface area contributed by atoms with Gasteiger partial charge in [-0.05, 0) is 49.4 Å². The molecule has 4 nitrogen and oxygen atoms in total. The molecule has 1 aromatic carbocycles. The zero-order chi connectivity index (χ0) is 13.0. The fourth-order valence-corrected chi connectivity index (χ4v) is 2.58. The molecule has 0 bridgehead atoms. The zero-order valence-electron chi connectivity index (χ0n) is 10.7. The average molecular weight is 248 g/mol. The van der Waals surface area contributed by atoms with Gasteiger partial charge in [-0.2, -0.15) is 0 Å². The summed E-state index contributed by atoms with van der Waals surface area (Å²) in [5, 5.41) is 15.9. The van der Waals surface area contributed by atoms with E-state index in [-0.39, 0.29) is 5.75 Å². The fourth-order valence-electron chi connectivity index (χ4n) is 2.58. The van der Waals surface area contributed by atoms with Gasteiger partial charge in [0, 0.05) is 6.04 Å². The van der Waals surface area contributed by atoms with E-state index in [1.54, 1.807) is 6.07 Å². The number of carbonyl (C=O) groups is 1. The fraction of sp³-hybridized carbons (Fsp3) is 0.500. The van der Waals surface area contributed by atoms with Gasteiger partial charge in [0.15, 0.2) is 0 Å². The summed E-state index contributed by atoms with van der Waals surface area (Å²) in [6.45, 7) is 3.20. The normalized spacial score (nSPS) is 18.2. The minimum absolute atomic E-state index is 0.154. The van der Waals surface area contributed by atoms with Gasteiger partial charge >= 0.3 is 0 Å². The molecule has 4 heteroatoms. The van der Waals surface area contributed by atoms with Crippen molar-refractivity contribution >= 4 is 12.1 Å². The monoisotopic (exact) mass is 248 g/mol. The molecule has 0 saturated carbocycles. The molecule has 0 radical (unpaired) electrons. The van der Waals surface area contributed by atoms with E-state index >= 15 is 0 Å². The number of hydrogen-bond acceptors (Lipinski definition) is 3. The average Bonchev–Trinajstić information content (AvgIpc) is 2.39. The van der Waals surface area contributed by atoms with Gasteiger partial charge < -0.3 is 15.7 Å². The van der Waals surface area contributed by atoms with Crippen LogP contribution in [0.25, 0.3) is 0 Å². The molecule has 1 amide bonds. The van der Waals surface area contributed by atoms with E-state index in [1.807, 2.05) is 6.07 Å². The SMILES string of the molecule is CCCNC1CCc2c(ccc(O)c2NC=O)C1. The van der Waals surface area contributed by atoms with Crippen molar-refractivity contribution in [3.63, 3.8) is 0 Å². The van der Waals surface area contributed by atoms with Crippen molar-refractivity contribution < 1.29 is 9.90 Å². The molecule has 0 fully saturated rings. The van der Waals surface area contributed by atoms with Gasteiger partial charge in [-0.15, -0.1) is 0 Å². The molecule has 0 aromatic heterocycles. The number of rotatable bonds is 5. The van der Waals surface area contributed by atoms with Crippen LogP contribution in [0.4, 0.5) is 5.69 Å². The highest BCUT2D eigenvalue weighted by Crippen LogP contribution is 2.34. The number of amides is 1. The molecule has 1 atom stereocenters. The molecule has 98 valence electrons. The van der Waals surface area contributed by atoms with E-state index in [1.165, 1.54) is 5.56 Å². The third-order valence-electron chi connectivity index (χ3n) is 3.48. The van der Waals surface area contributed by atoms with Crippen LogP contribution in [-0.4, -0.2) is 24.1 Å². The number of aromatic hydroxyl groups is 1. The molecule has 1 aromatic rings. The third kappa shape index (κ3) is 2.64. The molecule has 0 aliphatic heterocycles. The van der Waals surface area contributed by atoms with Gasteiger partial charge in [0.1, 0.15) is 5.75 Å². The summed E-state index contributed by atoms with van der Waals surface area (Å²) in [4.78, 5) is 10.6. The van der Waals surface area contributed by atoms with Crippen LogP contribution in [0.3, 0.4) is 0 Å². The highest BCUT2D eigenvalue weighted by molar-refractivity contribution is 5.78. The van der Waals surface area contributed by atoms with Crippen LogP contribution in [0.2, 0.25) is 0 Å². The van der Waals surface area contributed by atoms with Crippen molar-refractivity contribution in [3.8, 4) is 5.75 Å². The highest BCUT2D eigenvalue weighted by Gasteiger charge is 2.21. The summed E-state index contributed by atoms with van der Waals surface area (Å²) in [7, 11) is 0. The van der Waals surface area contributed by atoms with Crippen molar-refractivity contribution in [2.75, 3.05) is 11.9 Å². The quantitative estimate of drug-likeness (QED) is 0.550. The lowest BCUT2D eigenvalue weighted by atomic mass is 9.87. The highest BCUT2D eigenvalue weighted by atomic mass is 16.3. The topological polar surface area (TPSA) is 61.4 Å². The van der Waals surface area contributed by atoms with Gasteiger partial charge in [-0.25, -0.2) is 0 Å². The summed E-state index contributed by atoms with van der Waals surface area (Å²) in [5.74, 6) is 0.154. The largest absolute Gasteiger partial charge is 0.506 e. The number of anilines is 1. The Morgan fingerprint density at radius 1 is 1.50 bits per heavy atom. The Hall–Kier alpha value is -1.55. The predicted octanol–water partition coefficient (Wildman–Crippen LogP) is 1.82. The molecule has 2 rings (SSSR count). The van der Waals surface area contributed by atoms with Gasteiger partial charge in [0.25, 0.3) is 0 Å². The Kier molecular flexibility index (Phi) is 4.20. The summed E-state index contributed by atoms with van der Waals surface area (Å²) < 4.78 is 0. The smallest absolute Gasteiger partial charge is 0.211 e. The Morgan fingerprint density at radius 3 is 3.06 bits per heavy atom. The maximum Gasteiger partial charge on any atom is 0.211 e. The van der Waals surface area contributed by atoms with Gasteiger partial charge in [0.2, 0.25) is 6.41 Å².